The molecule has 1 aliphatic rings. The fourth-order valence-corrected chi connectivity index (χ4v) is 5.22. The molecule has 0 spiro atoms. The molecule has 0 amide bonds. The minimum atomic E-state index is 0.445. The molecule has 0 unspecified atom stereocenters. The summed E-state index contributed by atoms with van der Waals surface area (Å²) in [5.41, 5.74) is 2.73. The van der Waals surface area contributed by atoms with E-state index in [0.717, 1.165) is 32.9 Å². The van der Waals surface area contributed by atoms with Crippen LogP contribution < -0.4 is 14.8 Å². The molecule has 2 heterocycles. The van der Waals surface area contributed by atoms with Crippen molar-refractivity contribution in [2.45, 2.75) is 43.0 Å². The van der Waals surface area contributed by atoms with Crippen molar-refractivity contribution < 1.29 is 4.74 Å². The number of hydrogen-bond acceptors (Lipinski definition) is 7. The molecular formula is C25H27ClN6OS. The van der Waals surface area contributed by atoms with Gasteiger partial charge in [-0.15, -0.1) is 0 Å². The maximum Gasteiger partial charge on any atom is 0.223 e. The van der Waals surface area contributed by atoms with E-state index in [2.05, 4.69) is 26.2 Å². The Kier molecular flexibility index (Phi) is 6.78. The molecule has 34 heavy (non-hydrogen) atoms. The normalized spacial score (nSPS) is 14.3. The second kappa shape index (κ2) is 10.1. The number of ether oxygens (including phenoxy) is 1. The van der Waals surface area contributed by atoms with Crippen molar-refractivity contribution in [1.29, 1.82) is 0 Å². The Morgan fingerprint density at radius 2 is 1.94 bits per heavy atom. The average molecular weight is 495 g/mol. The Morgan fingerprint density at radius 1 is 1.12 bits per heavy atom. The summed E-state index contributed by atoms with van der Waals surface area (Å²) in [5, 5.41) is 9.73. The first-order valence-corrected chi connectivity index (χ1v) is 12.6. The zero-order chi connectivity index (χ0) is 23.5. The van der Waals surface area contributed by atoms with Crippen molar-refractivity contribution in [3.8, 4) is 17.0 Å². The van der Waals surface area contributed by atoms with Gasteiger partial charge in [0.25, 0.3) is 0 Å². The van der Waals surface area contributed by atoms with Gasteiger partial charge in [0.05, 0.1) is 17.8 Å². The third-order valence-electron chi connectivity index (χ3n) is 6.08. The third kappa shape index (κ3) is 4.93. The third-order valence-corrected chi connectivity index (χ3v) is 7.41. The van der Waals surface area contributed by atoms with Gasteiger partial charge in [0.2, 0.25) is 5.95 Å². The maximum absolute atomic E-state index is 6.26. The van der Waals surface area contributed by atoms with Crippen LogP contribution >= 0.6 is 23.5 Å². The first-order valence-electron chi connectivity index (χ1n) is 11.4. The predicted octanol–water partition coefficient (Wildman–Crippen LogP) is 6.56. The largest absolute Gasteiger partial charge is 0.494 e. The average Bonchev–Trinajstić information content (AvgIpc) is 3.24. The molecule has 1 fully saturated rings. The van der Waals surface area contributed by atoms with Crippen molar-refractivity contribution in [3.05, 3.63) is 53.7 Å². The van der Waals surface area contributed by atoms with Crippen LogP contribution in [-0.4, -0.2) is 32.9 Å². The number of benzene rings is 2. The van der Waals surface area contributed by atoms with Crippen molar-refractivity contribution >= 4 is 46.2 Å². The number of aromatic nitrogens is 4. The van der Waals surface area contributed by atoms with Gasteiger partial charge >= 0.3 is 0 Å². The lowest BCUT2D eigenvalue weighted by Gasteiger charge is -2.22. The summed E-state index contributed by atoms with van der Waals surface area (Å²) in [6, 6.07) is 14.2. The molecule has 2 aromatic heterocycles. The van der Waals surface area contributed by atoms with Crippen LogP contribution in [0.4, 0.5) is 11.8 Å². The molecule has 0 bridgehead atoms. The molecule has 0 aliphatic heterocycles. The number of rotatable bonds is 7. The zero-order valence-electron chi connectivity index (χ0n) is 19.2. The van der Waals surface area contributed by atoms with Crippen LogP contribution in [0, 0.1) is 0 Å². The molecule has 1 saturated carbocycles. The first kappa shape index (κ1) is 22.8. The monoisotopic (exact) mass is 494 g/mol. The van der Waals surface area contributed by atoms with E-state index >= 15 is 0 Å². The number of methoxy groups -OCH3 is 1. The fraction of sp³-hybridized carbons (Fsp3) is 0.320. The van der Waals surface area contributed by atoms with Crippen molar-refractivity contribution in [2.75, 3.05) is 17.1 Å². The SMILES string of the molecule is COc1cc(-c2cc(NSc3ccccc3Cl)nn2C)cc2cnc(NC3CCCCC3)nc12. The van der Waals surface area contributed by atoms with Gasteiger partial charge in [-0.1, -0.05) is 43.0 Å². The summed E-state index contributed by atoms with van der Waals surface area (Å²) in [6.07, 6.45) is 8.04. The quantitative estimate of drug-likeness (QED) is 0.282. The van der Waals surface area contributed by atoms with E-state index in [4.69, 9.17) is 21.3 Å². The minimum absolute atomic E-state index is 0.445. The molecule has 9 heteroatoms. The first-order chi connectivity index (χ1) is 16.6. The van der Waals surface area contributed by atoms with Gasteiger partial charge in [-0.05, 0) is 49.1 Å². The van der Waals surface area contributed by atoms with Gasteiger partial charge in [0.1, 0.15) is 11.3 Å². The maximum atomic E-state index is 6.26. The van der Waals surface area contributed by atoms with Crippen LogP contribution in [0.5, 0.6) is 5.75 Å². The van der Waals surface area contributed by atoms with Gasteiger partial charge in [-0.25, -0.2) is 9.97 Å². The molecule has 2 aromatic carbocycles. The number of nitrogens with zero attached hydrogens (tertiary/aromatic N) is 4. The van der Waals surface area contributed by atoms with Crippen LogP contribution in [0.2, 0.25) is 5.02 Å². The molecule has 0 saturated heterocycles. The van der Waals surface area contributed by atoms with Gasteiger partial charge < -0.3 is 14.8 Å². The summed E-state index contributed by atoms with van der Waals surface area (Å²) in [4.78, 5) is 10.3. The number of halogens is 1. The smallest absolute Gasteiger partial charge is 0.223 e. The lowest BCUT2D eigenvalue weighted by Crippen LogP contribution is -2.23. The van der Waals surface area contributed by atoms with Gasteiger partial charge in [-0.2, -0.15) is 5.10 Å². The molecule has 0 radical (unpaired) electrons. The van der Waals surface area contributed by atoms with Crippen LogP contribution in [0.25, 0.3) is 22.2 Å². The van der Waals surface area contributed by atoms with Crippen LogP contribution in [0.1, 0.15) is 32.1 Å². The zero-order valence-corrected chi connectivity index (χ0v) is 20.8. The standard InChI is InChI=1S/C25H27ClN6OS/c1-32-20(14-23(30-32)31-34-22-11-7-6-10-19(22)26)16-12-17-15-27-25(28-18-8-4-3-5-9-18)29-24(17)21(13-16)33-2/h6-7,10-15,18H,3-5,8-9H2,1-2H3,(H,30,31)(H,27,28,29). The second-order valence-electron chi connectivity index (χ2n) is 8.46. The molecular weight excluding hydrogens is 468 g/mol. The number of fused-ring (bicyclic) bond motifs is 1. The van der Waals surface area contributed by atoms with Crippen LogP contribution in [0.3, 0.4) is 0 Å². The minimum Gasteiger partial charge on any atom is -0.494 e. The molecule has 5 rings (SSSR count). The predicted molar refractivity (Wildman–Crippen MR) is 140 cm³/mol. The van der Waals surface area contributed by atoms with E-state index in [1.165, 1.54) is 44.1 Å². The van der Waals surface area contributed by atoms with Gasteiger partial charge in [0, 0.05) is 41.2 Å². The van der Waals surface area contributed by atoms with Crippen LogP contribution in [0.15, 0.2) is 53.6 Å². The Hall–Kier alpha value is -2.97. The second-order valence-corrected chi connectivity index (χ2v) is 9.72. The van der Waals surface area contributed by atoms with Crippen LogP contribution in [-0.2, 0) is 7.05 Å². The number of anilines is 2. The number of aryl methyl sites for hydroxylation is 1. The molecule has 2 N–H and O–H groups in total. The Labute approximate surface area is 208 Å². The molecule has 1 aliphatic carbocycles. The van der Waals surface area contributed by atoms with E-state index in [-0.39, 0.29) is 0 Å². The lowest BCUT2D eigenvalue weighted by atomic mass is 9.96. The van der Waals surface area contributed by atoms with E-state index in [1.54, 1.807) is 7.11 Å². The van der Waals surface area contributed by atoms with E-state index in [0.29, 0.717) is 22.8 Å². The van der Waals surface area contributed by atoms with E-state index < -0.39 is 0 Å². The van der Waals surface area contributed by atoms with Crippen molar-refractivity contribution in [2.24, 2.45) is 7.05 Å². The molecule has 176 valence electrons. The summed E-state index contributed by atoms with van der Waals surface area (Å²) in [6.45, 7) is 0. The van der Waals surface area contributed by atoms with E-state index in [9.17, 15) is 0 Å². The van der Waals surface area contributed by atoms with Gasteiger partial charge in [0.15, 0.2) is 5.82 Å². The molecule has 7 nitrogen and oxygen atoms in total. The van der Waals surface area contributed by atoms with Crippen molar-refractivity contribution in [3.63, 3.8) is 0 Å². The van der Waals surface area contributed by atoms with Gasteiger partial charge in [-0.3, -0.25) is 4.68 Å². The highest BCUT2D eigenvalue weighted by Gasteiger charge is 2.17. The Balaban J connectivity index is 1.40. The number of nitrogens with one attached hydrogen (secondary N) is 2. The highest BCUT2D eigenvalue weighted by Crippen LogP contribution is 2.34. The molecule has 4 aromatic rings. The number of hydrogen-bond donors (Lipinski definition) is 2. The van der Waals surface area contributed by atoms with Crippen molar-refractivity contribution in [1.82, 2.24) is 19.7 Å². The summed E-state index contributed by atoms with van der Waals surface area (Å²) in [5.74, 6) is 2.11. The lowest BCUT2D eigenvalue weighted by molar-refractivity contribution is 0.419. The summed E-state index contributed by atoms with van der Waals surface area (Å²) >= 11 is 7.69. The summed E-state index contributed by atoms with van der Waals surface area (Å²) < 4.78 is 10.8. The van der Waals surface area contributed by atoms with E-state index in [1.807, 2.05) is 54.3 Å². The summed E-state index contributed by atoms with van der Waals surface area (Å²) in [7, 11) is 3.59. The Morgan fingerprint density at radius 3 is 2.74 bits per heavy atom. The topological polar surface area (TPSA) is 76.9 Å². The highest BCUT2D eigenvalue weighted by molar-refractivity contribution is 8.00. The fourth-order valence-electron chi connectivity index (χ4n) is 4.34. The highest BCUT2D eigenvalue weighted by atomic mass is 35.5. The Bertz CT molecular complexity index is 1300. The molecule has 0 atom stereocenters.